The fourth-order valence-electron chi connectivity index (χ4n) is 0.816. The van der Waals surface area contributed by atoms with Crippen molar-refractivity contribution in [2.45, 2.75) is 32.7 Å². The van der Waals surface area contributed by atoms with Crippen LogP contribution in [-0.4, -0.2) is 29.2 Å². The number of carbonyl (C=O) groups is 2. The molecule has 0 aliphatic rings. The SMILES string of the molecule is CC(C)(C)NC(=O)CNC(=O)CCBr. The van der Waals surface area contributed by atoms with E-state index < -0.39 is 0 Å². The fourth-order valence-corrected chi connectivity index (χ4v) is 1.18. The van der Waals surface area contributed by atoms with Gasteiger partial charge in [0, 0.05) is 17.3 Å². The minimum Gasteiger partial charge on any atom is -0.350 e. The summed E-state index contributed by atoms with van der Waals surface area (Å²) in [6.45, 7) is 5.73. The third kappa shape index (κ3) is 8.04. The summed E-state index contributed by atoms with van der Waals surface area (Å²) < 4.78 is 0. The van der Waals surface area contributed by atoms with Gasteiger partial charge in [-0.25, -0.2) is 0 Å². The first kappa shape index (κ1) is 13.4. The third-order valence-corrected chi connectivity index (χ3v) is 1.68. The van der Waals surface area contributed by atoms with Crippen molar-refractivity contribution in [2.75, 3.05) is 11.9 Å². The van der Waals surface area contributed by atoms with E-state index in [1.54, 1.807) is 0 Å². The molecule has 0 saturated carbocycles. The number of carbonyl (C=O) groups excluding carboxylic acids is 2. The Balaban J connectivity index is 3.70. The van der Waals surface area contributed by atoms with Crippen LogP contribution >= 0.6 is 15.9 Å². The van der Waals surface area contributed by atoms with E-state index in [2.05, 4.69) is 26.6 Å². The second kappa shape index (κ2) is 6.01. The monoisotopic (exact) mass is 264 g/mol. The summed E-state index contributed by atoms with van der Waals surface area (Å²) in [6.07, 6.45) is 0.392. The first-order chi connectivity index (χ1) is 6.35. The Bertz CT molecular complexity index is 211. The van der Waals surface area contributed by atoms with Crippen LogP contribution in [0.2, 0.25) is 0 Å². The molecule has 0 spiro atoms. The molecule has 0 aromatic rings. The highest BCUT2D eigenvalue weighted by Crippen LogP contribution is 1.97. The van der Waals surface area contributed by atoms with Crippen molar-refractivity contribution in [3.63, 3.8) is 0 Å². The van der Waals surface area contributed by atoms with Crippen LogP contribution in [0.4, 0.5) is 0 Å². The lowest BCUT2D eigenvalue weighted by atomic mass is 10.1. The number of rotatable bonds is 4. The molecule has 0 bridgehead atoms. The molecule has 0 heterocycles. The van der Waals surface area contributed by atoms with Crippen molar-refractivity contribution < 1.29 is 9.59 Å². The van der Waals surface area contributed by atoms with Gasteiger partial charge in [0.15, 0.2) is 0 Å². The van der Waals surface area contributed by atoms with Crippen LogP contribution in [0.25, 0.3) is 0 Å². The Labute approximate surface area is 92.9 Å². The van der Waals surface area contributed by atoms with Gasteiger partial charge in [-0.2, -0.15) is 0 Å². The van der Waals surface area contributed by atoms with Gasteiger partial charge in [-0.3, -0.25) is 9.59 Å². The quantitative estimate of drug-likeness (QED) is 0.739. The molecule has 0 fully saturated rings. The Kier molecular flexibility index (Phi) is 5.76. The van der Waals surface area contributed by atoms with Gasteiger partial charge in [-0.15, -0.1) is 0 Å². The van der Waals surface area contributed by atoms with Crippen LogP contribution in [0.5, 0.6) is 0 Å². The van der Waals surface area contributed by atoms with E-state index in [4.69, 9.17) is 0 Å². The molecule has 5 heteroatoms. The van der Waals surface area contributed by atoms with Crippen LogP contribution in [0.1, 0.15) is 27.2 Å². The van der Waals surface area contributed by atoms with E-state index in [9.17, 15) is 9.59 Å². The van der Waals surface area contributed by atoms with Crippen LogP contribution in [0.15, 0.2) is 0 Å². The maximum absolute atomic E-state index is 11.2. The molecular formula is C9H17BrN2O2. The first-order valence-electron chi connectivity index (χ1n) is 4.49. The van der Waals surface area contributed by atoms with Crippen LogP contribution in [0.3, 0.4) is 0 Å². The zero-order chi connectivity index (χ0) is 11.2. The lowest BCUT2D eigenvalue weighted by Crippen LogP contribution is -2.45. The summed E-state index contributed by atoms with van der Waals surface area (Å²) in [4.78, 5) is 22.2. The number of alkyl halides is 1. The molecule has 0 rings (SSSR count). The predicted octanol–water partition coefficient (Wildman–Crippen LogP) is 0.802. The topological polar surface area (TPSA) is 58.2 Å². The molecule has 2 amide bonds. The number of nitrogens with one attached hydrogen (secondary N) is 2. The molecule has 0 aliphatic carbocycles. The van der Waals surface area contributed by atoms with Gasteiger partial charge in [0.2, 0.25) is 11.8 Å². The van der Waals surface area contributed by atoms with Gasteiger partial charge in [-0.1, -0.05) is 15.9 Å². The second-order valence-electron chi connectivity index (χ2n) is 4.01. The van der Waals surface area contributed by atoms with E-state index in [1.165, 1.54) is 0 Å². The standard InChI is InChI=1S/C9H17BrN2O2/c1-9(2,3)12-8(14)6-11-7(13)4-5-10/h4-6H2,1-3H3,(H,11,13)(H,12,14). The summed E-state index contributed by atoms with van der Waals surface area (Å²) in [5, 5.41) is 5.89. The minimum atomic E-state index is -0.253. The van der Waals surface area contributed by atoms with Crippen molar-refractivity contribution in [2.24, 2.45) is 0 Å². The minimum absolute atomic E-state index is 0.0447. The van der Waals surface area contributed by atoms with Crippen molar-refractivity contribution in [1.29, 1.82) is 0 Å². The Hall–Kier alpha value is -0.580. The summed E-state index contributed by atoms with van der Waals surface area (Å²) in [5.74, 6) is -0.286. The maximum Gasteiger partial charge on any atom is 0.239 e. The zero-order valence-corrected chi connectivity index (χ0v) is 10.4. The lowest BCUT2D eigenvalue weighted by Gasteiger charge is -2.20. The number of halogens is 1. The number of hydrogen-bond acceptors (Lipinski definition) is 2. The molecule has 2 N–H and O–H groups in total. The summed E-state index contributed by atoms with van der Waals surface area (Å²) in [6, 6.07) is 0. The zero-order valence-electron chi connectivity index (χ0n) is 8.82. The van der Waals surface area contributed by atoms with E-state index >= 15 is 0 Å². The Morgan fingerprint density at radius 2 is 1.79 bits per heavy atom. The van der Waals surface area contributed by atoms with Gasteiger partial charge in [0.1, 0.15) is 0 Å². The van der Waals surface area contributed by atoms with Crippen molar-refractivity contribution >= 4 is 27.7 Å². The van der Waals surface area contributed by atoms with Crippen LogP contribution < -0.4 is 10.6 Å². The first-order valence-corrected chi connectivity index (χ1v) is 5.61. The van der Waals surface area contributed by atoms with Gasteiger partial charge in [-0.05, 0) is 20.8 Å². The molecule has 0 atom stereocenters. The predicted molar refractivity (Wildman–Crippen MR) is 59.3 cm³/mol. The molecule has 0 saturated heterocycles. The molecule has 0 aliphatic heterocycles. The Morgan fingerprint density at radius 3 is 2.21 bits per heavy atom. The molecule has 82 valence electrons. The molecule has 0 radical (unpaired) electrons. The summed E-state index contributed by atoms with van der Waals surface area (Å²) >= 11 is 3.14. The van der Waals surface area contributed by atoms with Gasteiger partial charge in [0.25, 0.3) is 0 Å². The summed E-state index contributed by atoms with van der Waals surface area (Å²) in [5.41, 5.74) is -0.253. The Morgan fingerprint density at radius 1 is 1.21 bits per heavy atom. The van der Waals surface area contributed by atoms with Crippen LogP contribution in [0, 0.1) is 0 Å². The van der Waals surface area contributed by atoms with Gasteiger partial charge >= 0.3 is 0 Å². The number of hydrogen-bond donors (Lipinski definition) is 2. The van der Waals surface area contributed by atoms with Crippen LogP contribution in [-0.2, 0) is 9.59 Å². The molecular weight excluding hydrogens is 248 g/mol. The highest BCUT2D eigenvalue weighted by atomic mass is 79.9. The smallest absolute Gasteiger partial charge is 0.239 e. The summed E-state index contributed by atoms with van der Waals surface area (Å²) in [7, 11) is 0. The van der Waals surface area contributed by atoms with Gasteiger partial charge in [0.05, 0.1) is 6.54 Å². The van der Waals surface area contributed by atoms with Crippen molar-refractivity contribution in [3.05, 3.63) is 0 Å². The van der Waals surface area contributed by atoms with E-state index in [0.717, 1.165) is 0 Å². The second-order valence-corrected chi connectivity index (χ2v) is 4.81. The molecule has 0 aromatic heterocycles. The van der Waals surface area contributed by atoms with E-state index in [-0.39, 0.29) is 23.9 Å². The highest BCUT2D eigenvalue weighted by molar-refractivity contribution is 9.09. The number of amides is 2. The molecule has 0 unspecified atom stereocenters. The molecule has 0 aromatic carbocycles. The average molecular weight is 265 g/mol. The maximum atomic E-state index is 11.2. The molecule has 14 heavy (non-hydrogen) atoms. The fraction of sp³-hybridized carbons (Fsp3) is 0.778. The largest absolute Gasteiger partial charge is 0.350 e. The normalized spacial score (nSPS) is 10.9. The third-order valence-electron chi connectivity index (χ3n) is 1.28. The highest BCUT2D eigenvalue weighted by Gasteiger charge is 2.13. The van der Waals surface area contributed by atoms with E-state index in [0.29, 0.717) is 11.8 Å². The van der Waals surface area contributed by atoms with Crippen molar-refractivity contribution in [3.8, 4) is 0 Å². The average Bonchev–Trinajstić information content (AvgIpc) is 1.98. The van der Waals surface area contributed by atoms with E-state index in [1.807, 2.05) is 20.8 Å². The lowest BCUT2D eigenvalue weighted by molar-refractivity contribution is -0.126. The molecule has 4 nitrogen and oxygen atoms in total. The van der Waals surface area contributed by atoms with Gasteiger partial charge < -0.3 is 10.6 Å². The van der Waals surface area contributed by atoms with Crippen molar-refractivity contribution in [1.82, 2.24) is 10.6 Å².